The van der Waals surface area contributed by atoms with Crippen LogP contribution in [-0.4, -0.2) is 24.9 Å². The molecule has 0 aromatic heterocycles. The first-order valence-electron chi connectivity index (χ1n) is 7.26. The van der Waals surface area contributed by atoms with Crippen molar-refractivity contribution in [2.75, 3.05) is 18.0 Å². The molecule has 0 fully saturated rings. The van der Waals surface area contributed by atoms with Gasteiger partial charge in [-0.2, -0.15) is 0 Å². The molecule has 1 N–H and O–H groups in total. The molecule has 2 amide bonds. The van der Waals surface area contributed by atoms with E-state index in [1.807, 2.05) is 25.1 Å². The lowest BCUT2D eigenvalue weighted by Crippen LogP contribution is -2.40. The minimum Gasteiger partial charge on any atom is -0.355 e. The van der Waals surface area contributed by atoms with Crippen molar-refractivity contribution in [1.29, 1.82) is 0 Å². The molecule has 0 spiro atoms. The van der Waals surface area contributed by atoms with Gasteiger partial charge in [0.2, 0.25) is 11.8 Å². The van der Waals surface area contributed by atoms with Gasteiger partial charge in [0.1, 0.15) is 6.54 Å². The Morgan fingerprint density at radius 2 is 2.00 bits per heavy atom. The van der Waals surface area contributed by atoms with Crippen molar-refractivity contribution in [3.63, 3.8) is 0 Å². The Morgan fingerprint density at radius 3 is 2.57 bits per heavy atom. The zero-order chi connectivity index (χ0) is 15.8. The zero-order valence-corrected chi connectivity index (χ0v) is 14.5. The van der Waals surface area contributed by atoms with Crippen LogP contribution < -0.4 is 10.2 Å². The Balaban J connectivity index is 2.70. The largest absolute Gasteiger partial charge is 0.355 e. The summed E-state index contributed by atoms with van der Waals surface area (Å²) in [6.07, 6.45) is 3.18. The monoisotopic (exact) mass is 354 g/mol. The third-order valence-corrected chi connectivity index (χ3v) is 3.81. The maximum absolute atomic E-state index is 12.0. The molecule has 0 unspecified atom stereocenters. The van der Waals surface area contributed by atoms with E-state index in [4.69, 9.17) is 0 Å². The number of rotatable bonds is 7. The van der Waals surface area contributed by atoms with Gasteiger partial charge in [-0.25, -0.2) is 0 Å². The first-order valence-corrected chi connectivity index (χ1v) is 8.06. The first-order chi connectivity index (χ1) is 9.95. The molecule has 116 valence electrons. The fourth-order valence-electron chi connectivity index (χ4n) is 2.00. The van der Waals surface area contributed by atoms with Crippen molar-refractivity contribution in [3.05, 3.63) is 28.2 Å². The van der Waals surface area contributed by atoms with Crippen molar-refractivity contribution in [2.45, 2.75) is 40.0 Å². The summed E-state index contributed by atoms with van der Waals surface area (Å²) in [5.74, 6) is -0.281. The van der Waals surface area contributed by atoms with E-state index in [9.17, 15) is 9.59 Å². The molecular weight excluding hydrogens is 332 g/mol. The van der Waals surface area contributed by atoms with Gasteiger partial charge in [0.15, 0.2) is 0 Å². The summed E-state index contributed by atoms with van der Waals surface area (Å²) < 4.78 is 0.816. The van der Waals surface area contributed by atoms with E-state index >= 15 is 0 Å². The van der Waals surface area contributed by atoms with Crippen LogP contribution in [0.15, 0.2) is 22.7 Å². The van der Waals surface area contributed by atoms with Crippen LogP contribution in [0.5, 0.6) is 0 Å². The Kier molecular flexibility index (Phi) is 7.43. The second-order valence-corrected chi connectivity index (χ2v) is 5.97. The maximum atomic E-state index is 12.0. The Morgan fingerprint density at radius 1 is 1.29 bits per heavy atom. The third kappa shape index (κ3) is 5.87. The molecule has 1 rings (SSSR count). The van der Waals surface area contributed by atoms with Gasteiger partial charge in [-0.3, -0.25) is 9.59 Å². The lowest BCUT2D eigenvalue weighted by atomic mass is 10.2. The fraction of sp³-hybridized carbons (Fsp3) is 0.500. The Labute approximate surface area is 135 Å². The molecule has 0 saturated heterocycles. The summed E-state index contributed by atoms with van der Waals surface area (Å²) in [4.78, 5) is 25.3. The van der Waals surface area contributed by atoms with Gasteiger partial charge in [-0.15, -0.1) is 0 Å². The van der Waals surface area contributed by atoms with Gasteiger partial charge in [0, 0.05) is 17.9 Å². The molecule has 1 aromatic carbocycles. The second kappa shape index (κ2) is 8.82. The van der Waals surface area contributed by atoms with Crippen molar-refractivity contribution < 1.29 is 9.59 Å². The molecule has 21 heavy (non-hydrogen) atoms. The second-order valence-electron chi connectivity index (χ2n) is 5.12. The average Bonchev–Trinajstić information content (AvgIpc) is 2.41. The quantitative estimate of drug-likeness (QED) is 0.762. The van der Waals surface area contributed by atoms with Crippen molar-refractivity contribution in [2.24, 2.45) is 0 Å². The van der Waals surface area contributed by atoms with E-state index in [0.717, 1.165) is 35.0 Å². The fourth-order valence-corrected chi connectivity index (χ4v) is 2.71. The number of amides is 2. The highest BCUT2D eigenvalue weighted by Crippen LogP contribution is 2.27. The molecule has 5 heteroatoms. The van der Waals surface area contributed by atoms with Gasteiger partial charge in [0.05, 0.1) is 5.69 Å². The number of hydrogen-bond donors (Lipinski definition) is 1. The minimum atomic E-state index is -0.150. The SMILES string of the molecule is CCCCCNC(=O)CN(C(C)=O)c1ccc(C)cc1Br. The molecule has 0 bridgehead atoms. The number of benzene rings is 1. The van der Waals surface area contributed by atoms with Gasteiger partial charge < -0.3 is 10.2 Å². The van der Waals surface area contributed by atoms with Gasteiger partial charge in [-0.1, -0.05) is 25.8 Å². The molecule has 1 aromatic rings. The normalized spacial score (nSPS) is 10.3. The summed E-state index contributed by atoms with van der Waals surface area (Å²) in [6, 6.07) is 5.71. The minimum absolute atomic E-state index is 0.0448. The number of anilines is 1. The van der Waals surface area contributed by atoms with E-state index < -0.39 is 0 Å². The summed E-state index contributed by atoms with van der Waals surface area (Å²) in [5, 5.41) is 2.86. The summed E-state index contributed by atoms with van der Waals surface area (Å²) in [6.45, 7) is 6.27. The van der Waals surface area contributed by atoms with E-state index in [2.05, 4.69) is 28.2 Å². The molecule has 4 nitrogen and oxygen atoms in total. The van der Waals surface area contributed by atoms with Crippen LogP contribution in [0.1, 0.15) is 38.7 Å². The van der Waals surface area contributed by atoms with Crippen LogP contribution in [0.25, 0.3) is 0 Å². The highest BCUT2D eigenvalue weighted by atomic mass is 79.9. The molecular formula is C16H23BrN2O2. The molecule has 0 radical (unpaired) electrons. The lowest BCUT2D eigenvalue weighted by molar-refractivity contribution is -0.123. The number of nitrogens with zero attached hydrogens (tertiary/aromatic N) is 1. The first kappa shape index (κ1) is 17.7. The van der Waals surface area contributed by atoms with Crippen LogP contribution in [0, 0.1) is 6.92 Å². The zero-order valence-electron chi connectivity index (χ0n) is 12.9. The third-order valence-electron chi connectivity index (χ3n) is 3.18. The van der Waals surface area contributed by atoms with Gasteiger partial charge >= 0.3 is 0 Å². The molecule has 0 saturated carbocycles. The number of carbonyl (C=O) groups is 2. The Hall–Kier alpha value is -1.36. The van der Waals surface area contributed by atoms with Crippen LogP contribution in [0.4, 0.5) is 5.69 Å². The van der Waals surface area contributed by atoms with E-state index in [0.29, 0.717) is 6.54 Å². The highest BCUT2D eigenvalue weighted by molar-refractivity contribution is 9.10. The van der Waals surface area contributed by atoms with Gasteiger partial charge in [0.25, 0.3) is 0 Å². The summed E-state index contributed by atoms with van der Waals surface area (Å²) in [7, 11) is 0. The van der Waals surface area contributed by atoms with Gasteiger partial charge in [-0.05, 0) is 47.0 Å². The van der Waals surface area contributed by atoms with E-state index in [1.54, 1.807) is 0 Å². The Bertz CT molecular complexity index is 503. The number of hydrogen-bond acceptors (Lipinski definition) is 2. The van der Waals surface area contributed by atoms with Crippen molar-refractivity contribution in [3.8, 4) is 0 Å². The highest BCUT2D eigenvalue weighted by Gasteiger charge is 2.17. The molecule has 0 heterocycles. The average molecular weight is 355 g/mol. The van der Waals surface area contributed by atoms with Crippen LogP contribution in [0.2, 0.25) is 0 Å². The smallest absolute Gasteiger partial charge is 0.240 e. The topological polar surface area (TPSA) is 49.4 Å². The van der Waals surface area contributed by atoms with Crippen LogP contribution in [-0.2, 0) is 9.59 Å². The summed E-state index contributed by atoms with van der Waals surface area (Å²) >= 11 is 3.45. The van der Waals surface area contributed by atoms with Crippen LogP contribution >= 0.6 is 15.9 Å². The van der Waals surface area contributed by atoms with E-state index in [1.165, 1.54) is 11.8 Å². The number of nitrogens with one attached hydrogen (secondary N) is 1. The maximum Gasteiger partial charge on any atom is 0.240 e. The van der Waals surface area contributed by atoms with Crippen LogP contribution in [0.3, 0.4) is 0 Å². The number of halogens is 1. The summed E-state index contributed by atoms with van der Waals surface area (Å²) in [5.41, 5.74) is 1.81. The predicted octanol–water partition coefficient (Wildman–Crippen LogP) is 3.42. The number of unbranched alkanes of at least 4 members (excludes halogenated alkanes) is 2. The van der Waals surface area contributed by atoms with Crippen molar-refractivity contribution >= 4 is 33.4 Å². The molecule has 0 aliphatic rings. The van der Waals surface area contributed by atoms with Crippen molar-refractivity contribution in [1.82, 2.24) is 5.32 Å². The van der Waals surface area contributed by atoms with E-state index in [-0.39, 0.29) is 18.4 Å². The molecule has 0 aliphatic heterocycles. The lowest BCUT2D eigenvalue weighted by Gasteiger charge is -2.22. The standard InChI is InChI=1S/C16H23BrN2O2/c1-4-5-6-9-18-16(21)11-19(13(3)20)15-8-7-12(2)10-14(15)17/h7-8,10H,4-6,9,11H2,1-3H3,(H,18,21). The number of aryl methyl sites for hydroxylation is 1. The number of carbonyl (C=O) groups excluding carboxylic acids is 2. The molecule has 0 aliphatic carbocycles. The predicted molar refractivity (Wildman–Crippen MR) is 89.4 cm³/mol. The molecule has 0 atom stereocenters.